The molecular formula is C22H18FN3O2. The Bertz CT molecular complexity index is 1020. The molecule has 1 aromatic heterocycles. The maximum atomic E-state index is 13.1. The van der Waals surface area contributed by atoms with Crippen LogP contribution >= 0.6 is 0 Å². The Morgan fingerprint density at radius 2 is 1.79 bits per heavy atom. The Balaban J connectivity index is 1.47. The maximum Gasteiger partial charge on any atom is 0.251 e. The molecule has 3 aromatic rings. The van der Waals surface area contributed by atoms with Gasteiger partial charge in [-0.25, -0.2) is 4.39 Å². The summed E-state index contributed by atoms with van der Waals surface area (Å²) >= 11 is 0. The van der Waals surface area contributed by atoms with Gasteiger partial charge in [0.25, 0.3) is 5.91 Å². The molecule has 5 nitrogen and oxygen atoms in total. The Labute approximate surface area is 161 Å². The number of carbonyl (C=O) groups excluding carboxylic acids is 2. The van der Waals surface area contributed by atoms with Gasteiger partial charge in [0, 0.05) is 30.2 Å². The summed E-state index contributed by atoms with van der Waals surface area (Å²) < 4.78 is 13.1. The van der Waals surface area contributed by atoms with Gasteiger partial charge in [-0.15, -0.1) is 0 Å². The lowest BCUT2D eigenvalue weighted by atomic mass is 10.1. The number of hydrogen-bond acceptors (Lipinski definition) is 3. The smallest absolute Gasteiger partial charge is 0.251 e. The van der Waals surface area contributed by atoms with Crippen molar-refractivity contribution in [2.75, 3.05) is 4.90 Å². The van der Waals surface area contributed by atoms with Gasteiger partial charge in [0.15, 0.2) is 0 Å². The summed E-state index contributed by atoms with van der Waals surface area (Å²) in [4.78, 5) is 30.5. The van der Waals surface area contributed by atoms with E-state index >= 15 is 0 Å². The predicted octanol–water partition coefficient (Wildman–Crippen LogP) is 3.24. The number of benzene rings is 2. The summed E-state index contributed by atoms with van der Waals surface area (Å²) in [5.74, 6) is -0.531. The summed E-state index contributed by atoms with van der Waals surface area (Å²) in [6.45, 7) is 0.785. The summed E-state index contributed by atoms with van der Waals surface area (Å²) in [6.07, 6.45) is 3.61. The molecule has 1 N–H and O–H groups in total. The van der Waals surface area contributed by atoms with Crippen LogP contribution in [0.25, 0.3) is 0 Å². The van der Waals surface area contributed by atoms with Crippen LogP contribution in [0.4, 0.5) is 10.1 Å². The second-order valence-corrected chi connectivity index (χ2v) is 6.66. The van der Waals surface area contributed by atoms with Crippen LogP contribution in [0.15, 0.2) is 67.0 Å². The van der Waals surface area contributed by atoms with Gasteiger partial charge in [0.2, 0.25) is 5.91 Å². The largest absolute Gasteiger partial charge is 0.348 e. The Morgan fingerprint density at radius 3 is 2.54 bits per heavy atom. The molecule has 2 amide bonds. The van der Waals surface area contributed by atoms with Gasteiger partial charge in [0.05, 0.1) is 13.0 Å². The van der Waals surface area contributed by atoms with E-state index in [0.29, 0.717) is 18.7 Å². The number of nitrogens with zero attached hydrogens (tertiary/aromatic N) is 2. The number of hydrogen-bond donors (Lipinski definition) is 1. The maximum absolute atomic E-state index is 13.1. The molecular weight excluding hydrogens is 357 g/mol. The number of nitrogens with one attached hydrogen (secondary N) is 1. The molecule has 2 aromatic carbocycles. The van der Waals surface area contributed by atoms with Crippen LogP contribution < -0.4 is 10.2 Å². The van der Waals surface area contributed by atoms with Crippen molar-refractivity contribution in [1.82, 2.24) is 10.3 Å². The standard InChI is InChI=1S/C22H18FN3O2/c23-19-4-1-16(2-5-19)14-26-20-6-3-17(11-18(20)12-21(26)27)22(28)25-13-15-7-9-24-10-8-15/h1-11H,12-14H2,(H,25,28). The summed E-state index contributed by atoms with van der Waals surface area (Å²) in [6, 6.07) is 15.1. The molecule has 1 aliphatic rings. The van der Waals surface area contributed by atoms with E-state index in [0.717, 1.165) is 22.4 Å². The van der Waals surface area contributed by atoms with E-state index in [1.165, 1.54) is 12.1 Å². The molecule has 0 saturated carbocycles. The molecule has 4 rings (SSSR count). The predicted molar refractivity (Wildman–Crippen MR) is 103 cm³/mol. The fourth-order valence-electron chi connectivity index (χ4n) is 3.26. The first-order chi connectivity index (χ1) is 13.6. The molecule has 0 radical (unpaired) electrons. The highest BCUT2D eigenvalue weighted by Crippen LogP contribution is 2.31. The normalized spacial score (nSPS) is 12.8. The average molecular weight is 375 g/mol. The zero-order valence-corrected chi connectivity index (χ0v) is 15.1. The molecule has 0 spiro atoms. The molecule has 0 bridgehead atoms. The van der Waals surface area contributed by atoms with Gasteiger partial charge >= 0.3 is 0 Å². The number of rotatable bonds is 5. The van der Waals surface area contributed by atoms with Crippen LogP contribution in [0, 0.1) is 5.82 Å². The average Bonchev–Trinajstić information content (AvgIpc) is 3.03. The van der Waals surface area contributed by atoms with E-state index in [9.17, 15) is 14.0 Å². The first-order valence-corrected chi connectivity index (χ1v) is 8.95. The van der Waals surface area contributed by atoms with Crippen LogP contribution in [-0.2, 0) is 24.3 Å². The minimum Gasteiger partial charge on any atom is -0.348 e. The second kappa shape index (κ2) is 7.60. The molecule has 0 aliphatic carbocycles. The van der Waals surface area contributed by atoms with Gasteiger partial charge in [-0.3, -0.25) is 14.6 Å². The van der Waals surface area contributed by atoms with Gasteiger partial charge in [0.1, 0.15) is 5.82 Å². The first-order valence-electron chi connectivity index (χ1n) is 8.95. The number of halogens is 1. The Morgan fingerprint density at radius 1 is 1.04 bits per heavy atom. The third-order valence-electron chi connectivity index (χ3n) is 4.73. The van der Waals surface area contributed by atoms with Crippen molar-refractivity contribution in [3.63, 3.8) is 0 Å². The van der Waals surface area contributed by atoms with Crippen molar-refractivity contribution in [1.29, 1.82) is 0 Å². The van der Waals surface area contributed by atoms with E-state index in [2.05, 4.69) is 10.3 Å². The minimum absolute atomic E-state index is 0.0336. The highest BCUT2D eigenvalue weighted by Gasteiger charge is 2.28. The number of amides is 2. The van der Waals surface area contributed by atoms with E-state index in [-0.39, 0.29) is 24.1 Å². The fraction of sp³-hybridized carbons (Fsp3) is 0.136. The van der Waals surface area contributed by atoms with Crippen molar-refractivity contribution >= 4 is 17.5 Å². The van der Waals surface area contributed by atoms with Crippen LogP contribution in [0.3, 0.4) is 0 Å². The molecule has 0 saturated heterocycles. The molecule has 0 fully saturated rings. The molecule has 0 unspecified atom stereocenters. The monoisotopic (exact) mass is 375 g/mol. The Kier molecular flexibility index (Phi) is 4.85. The molecule has 0 atom stereocenters. The quantitative estimate of drug-likeness (QED) is 0.745. The summed E-state index contributed by atoms with van der Waals surface area (Å²) in [7, 11) is 0. The van der Waals surface area contributed by atoms with Crippen LogP contribution in [0.2, 0.25) is 0 Å². The SMILES string of the molecule is O=C(NCc1ccncc1)c1ccc2c(c1)CC(=O)N2Cc1ccc(F)cc1. The fourth-order valence-corrected chi connectivity index (χ4v) is 3.26. The lowest BCUT2D eigenvalue weighted by molar-refractivity contribution is -0.117. The molecule has 140 valence electrons. The van der Waals surface area contributed by atoms with Crippen LogP contribution in [0.5, 0.6) is 0 Å². The third-order valence-corrected chi connectivity index (χ3v) is 4.73. The Hall–Kier alpha value is -3.54. The van der Waals surface area contributed by atoms with Crippen molar-refractivity contribution in [3.05, 3.63) is 95.1 Å². The van der Waals surface area contributed by atoms with Gasteiger partial charge in [-0.1, -0.05) is 12.1 Å². The van der Waals surface area contributed by atoms with Crippen LogP contribution in [0.1, 0.15) is 27.0 Å². The van der Waals surface area contributed by atoms with Crippen molar-refractivity contribution in [2.24, 2.45) is 0 Å². The number of pyridine rings is 1. The van der Waals surface area contributed by atoms with Crippen molar-refractivity contribution in [3.8, 4) is 0 Å². The van der Waals surface area contributed by atoms with Gasteiger partial charge < -0.3 is 10.2 Å². The number of anilines is 1. The van der Waals surface area contributed by atoms with Crippen molar-refractivity contribution in [2.45, 2.75) is 19.5 Å². The lowest BCUT2D eigenvalue weighted by Crippen LogP contribution is -2.26. The highest BCUT2D eigenvalue weighted by atomic mass is 19.1. The molecule has 6 heteroatoms. The number of fused-ring (bicyclic) bond motifs is 1. The van der Waals surface area contributed by atoms with E-state index in [4.69, 9.17) is 0 Å². The lowest BCUT2D eigenvalue weighted by Gasteiger charge is -2.18. The summed E-state index contributed by atoms with van der Waals surface area (Å²) in [5, 5.41) is 2.87. The van der Waals surface area contributed by atoms with Crippen molar-refractivity contribution < 1.29 is 14.0 Å². The zero-order chi connectivity index (χ0) is 19.5. The zero-order valence-electron chi connectivity index (χ0n) is 15.1. The third kappa shape index (κ3) is 3.76. The van der Waals surface area contributed by atoms with Gasteiger partial charge in [-0.2, -0.15) is 0 Å². The number of carbonyl (C=O) groups is 2. The molecule has 28 heavy (non-hydrogen) atoms. The topological polar surface area (TPSA) is 62.3 Å². The molecule has 2 heterocycles. The minimum atomic E-state index is -0.306. The van der Waals surface area contributed by atoms with Crippen LogP contribution in [-0.4, -0.2) is 16.8 Å². The van der Waals surface area contributed by atoms with E-state index in [1.54, 1.807) is 47.6 Å². The van der Waals surface area contributed by atoms with E-state index < -0.39 is 0 Å². The molecule has 1 aliphatic heterocycles. The second-order valence-electron chi connectivity index (χ2n) is 6.66. The highest BCUT2D eigenvalue weighted by molar-refractivity contribution is 6.03. The summed E-state index contributed by atoms with van der Waals surface area (Å²) in [5.41, 5.74) is 3.94. The van der Waals surface area contributed by atoms with E-state index in [1.807, 2.05) is 12.1 Å². The first kappa shape index (κ1) is 17.9. The van der Waals surface area contributed by atoms with Gasteiger partial charge in [-0.05, 0) is 59.2 Å². The number of aromatic nitrogens is 1.